The van der Waals surface area contributed by atoms with E-state index in [0.29, 0.717) is 18.3 Å². The molecule has 1 aromatic carbocycles. The molecule has 152 valence electrons. The molecular weight excluding hydrogens is 413 g/mol. The first-order valence-electron chi connectivity index (χ1n) is 9.23. The van der Waals surface area contributed by atoms with E-state index in [1.165, 1.54) is 19.1 Å². The molecule has 0 saturated carbocycles. The molecule has 1 aromatic rings. The van der Waals surface area contributed by atoms with Crippen molar-refractivity contribution in [1.29, 1.82) is 0 Å². The van der Waals surface area contributed by atoms with Crippen LogP contribution in [-0.2, 0) is 17.1 Å². The molecule has 0 spiro atoms. The number of phenolic OH excluding ortho intramolecular Hbond substituents is 1. The number of anilines is 1. The minimum atomic E-state index is -5.12. The molecule has 0 aliphatic rings. The van der Waals surface area contributed by atoms with E-state index in [1.807, 2.05) is 0 Å². The second-order valence-corrected chi connectivity index (χ2v) is 10.7. The average molecular weight is 443 g/mol. The van der Waals surface area contributed by atoms with Crippen LogP contribution in [0.5, 0.6) is 5.75 Å². The zero-order valence-corrected chi connectivity index (χ0v) is 18.3. The third kappa shape index (κ3) is 7.81. The summed E-state index contributed by atoms with van der Waals surface area (Å²) in [6, 6.07) is 3.54. The van der Waals surface area contributed by atoms with Crippen molar-refractivity contribution in [2.24, 2.45) is 11.8 Å². The van der Waals surface area contributed by atoms with Gasteiger partial charge in [0, 0.05) is 0 Å². The van der Waals surface area contributed by atoms with E-state index < -0.39 is 26.0 Å². The number of phenols is 1. The molecule has 0 saturated heterocycles. The third-order valence-corrected chi connectivity index (χ3v) is 7.53. The number of amides is 1. The summed E-state index contributed by atoms with van der Waals surface area (Å²) in [6.07, 6.45) is 4.02. The predicted octanol–water partition coefficient (Wildman–Crippen LogP) is 2.71. The van der Waals surface area contributed by atoms with Crippen molar-refractivity contribution in [2.45, 2.75) is 59.8 Å². The average Bonchev–Trinajstić information content (AvgIpc) is 2.58. The van der Waals surface area contributed by atoms with Gasteiger partial charge in [-0.1, -0.05) is 0 Å². The van der Waals surface area contributed by atoms with Gasteiger partial charge in [0.25, 0.3) is 0 Å². The molecule has 0 heterocycles. The van der Waals surface area contributed by atoms with Crippen LogP contribution in [0.1, 0.15) is 59.8 Å². The van der Waals surface area contributed by atoms with Gasteiger partial charge in [-0.3, -0.25) is 0 Å². The normalized spacial score (nSPS) is 15.4. The molecule has 8 heteroatoms. The molecule has 0 aliphatic carbocycles. The first-order chi connectivity index (χ1) is 12.6. The van der Waals surface area contributed by atoms with Gasteiger partial charge in [0.1, 0.15) is 0 Å². The summed E-state index contributed by atoms with van der Waals surface area (Å²) in [5.41, 5.74) is -0.00917. The van der Waals surface area contributed by atoms with Crippen molar-refractivity contribution < 1.29 is 26.3 Å². The predicted molar refractivity (Wildman–Crippen MR) is 104 cm³/mol. The summed E-state index contributed by atoms with van der Waals surface area (Å²) in [6.45, 7) is 7.60. The number of hydrogen-bond donors (Lipinski definition) is 3. The van der Waals surface area contributed by atoms with Crippen LogP contribution in [0, 0.1) is 11.8 Å². The van der Waals surface area contributed by atoms with Crippen molar-refractivity contribution in [3.63, 3.8) is 0 Å². The van der Waals surface area contributed by atoms with E-state index >= 15 is 0 Å². The minimum absolute atomic E-state index is 0.00917. The summed E-state index contributed by atoms with van der Waals surface area (Å²) < 4.78 is 27.4. The molecule has 0 aromatic heterocycles. The fourth-order valence-corrected chi connectivity index (χ4v) is 4.82. The molecule has 0 fully saturated rings. The molecule has 3 unspecified atom stereocenters. The van der Waals surface area contributed by atoms with Gasteiger partial charge in [0.2, 0.25) is 0 Å². The second kappa shape index (κ2) is 10.6. The Morgan fingerprint density at radius 2 is 1.85 bits per heavy atom. The molecule has 0 aliphatic heterocycles. The summed E-state index contributed by atoms with van der Waals surface area (Å²) in [5.74, 6) is -0.615. The van der Waals surface area contributed by atoms with Crippen LogP contribution in [0.25, 0.3) is 0 Å². The Kier molecular flexibility index (Phi) is 9.13. The van der Waals surface area contributed by atoms with Crippen molar-refractivity contribution in [3.8, 4) is 5.75 Å². The number of carbonyl (C=O) groups is 2. The number of unbranched alkanes of at least 4 members (excludes halogenated alkanes) is 1. The molecular formula is C19H30AsNO6. The van der Waals surface area contributed by atoms with Crippen LogP contribution in [0.2, 0.25) is 0 Å². The topological polar surface area (TPSA) is 113 Å². The molecule has 1 amide bonds. The van der Waals surface area contributed by atoms with Crippen LogP contribution >= 0.6 is 0 Å². The number of benzene rings is 1. The standard InChI is InChI=1S/C19H30AsNO6/c1-5-6-7-13(2)14(3)8-11-19(24)27-20(25,26)16-9-10-18(23)17(12-16)21-15(4)22/h9-10,12-14,23H,5-8,11H2,1-4H3,(H,21,22)(H,25,26). The molecule has 0 bridgehead atoms. The van der Waals surface area contributed by atoms with Crippen molar-refractivity contribution in [2.75, 3.05) is 5.32 Å². The monoisotopic (exact) mass is 443 g/mol. The van der Waals surface area contributed by atoms with Gasteiger partial charge in [-0.2, -0.15) is 0 Å². The van der Waals surface area contributed by atoms with E-state index in [0.717, 1.165) is 25.3 Å². The first kappa shape index (κ1) is 23.3. The van der Waals surface area contributed by atoms with Gasteiger partial charge in [-0.05, 0) is 0 Å². The van der Waals surface area contributed by atoms with Gasteiger partial charge >= 0.3 is 163 Å². The number of aromatic hydroxyl groups is 1. The zero-order chi connectivity index (χ0) is 20.6. The molecule has 0 radical (unpaired) electrons. The van der Waals surface area contributed by atoms with Crippen molar-refractivity contribution >= 4 is 36.1 Å². The summed E-state index contributed by atoms with van der Waals surface area (Å²) in [7, 11) is 0. The number of rotatable bonds is 10. The summed E-state index contributed by atoms with van der Waals surface area (Å²) in [5, 5.41) is 12.1. The van der Waals surface area contributed by atoms with Crippen LogP contribution in [0.4, 0.5) is 5.69 Å². The van der Waals surface area contributed by atoms with Gasteiger partial charge in [0.15, 0.2) is 0 Å². The third-order valence-electron chi connectivity index (χ3n) is 4.63. The van der Waals surface area contributed by atoms with Crippen LogP contribution < -0.4 is 9.67 Å². The van der Waals surface area contributed by atoms with E-state index in [1.54, 1.807) is 0 Å². The first-order valence-corrected chi connectivity index (χ1v) is 12.5. The fraction of sp³-hybridized carbons (Fsp3) is 0.579. The molecule has 1 rings (SSSR count). The maximum atomic E-state index is 12.5. The Bertz CT molecular complexity index is 705. The molecule has 3 atom stereocenters. The zero-order valence-electron chi connectivity index (χ0n) is 16.4. The molecule has 7 nitrogen and oxygen atoms in total. The number of nitrogens with one attached hydrogen (secondary N) is 1. The Hall–Kier alpha value is -1.72. The van der Waals surface area contributed by atoms with Crippen molar-refractivity contribution in [3.05, 3.63) is 18.2 Å². The number of hydrogen-bond acceptors (Lipinski definition) is 5. The Morgan fingerprint density at radius 1 is 1.22 bits per heavy atom. The van der Waals surface area contributed by atoms with Crippen LogP contribution in [0.3, 0.4) is 0 Å². The maximum absolute atomic E-state index is 12.5. The summed E-state index contributed by atoms with van der Waals surface area (Å²) in [4.78, 5) is 23.2. The van der Waals surface area contributed by atoms with Gasteiger partial charge in [0.05, 0.1) is 0 Å². The molecule has 27 heavy (non-hydrogen) atoms. The second-order valence-electron chi connectivity index (χ2n) is 7.00. The van der Waals surface area contributed by atoms with Crippen LogP contribution in [-0.4, -0.2) is 35.3 Å². The van der Waals surface area contributed by atoms with Gasteiger partial charge in [-0.15, -0.1) is 0 Å². The van der Waals surface area contributed by atoms with Crippen molar-refractivity contribution in [1.82, 2.24) is 0 Å². The number of carbonyl (C=O) groups excluding carboxylic acids is 2. The molecule has 3 N–H and O–H groups in total. The Balaban J connectivity index is 2.70. The summed E-state index contributed by atoms with van der Waals surface area (Å²) >= 11 is -5.12. The Morgan fingerprint density at radius 3 is 2.44 bits per heavy atom. The van der Waals surface area contributed by atoms with Crippen LogP contribution in [0.15, 0.2) is 18.2 Å². The fourth-order valence-electron chi connectivity index (χ4n) is 2.67. The quantitative estimate of drug-likeness (QED) is 0.379. The van der Waals surface area contributed by atoms with Gasteiger partial charge in [-0.25, -0.2) is 0 Å². The van der Waals surface area contributed by atoms with E-state index in [-0.39, 0.29) is 22.2 Å². The van der Waals surface area contributed by atoms with E-state index in [9.17, 15) is 22.5 Å². The van der Waals surface area contributed by atoms with Gasteiger partial charge < -0.3 is 0 Å². The van der Waals surface area contributed by atoms with E-state index in [2.05, 4.69) is 26.1 Å². The van der Waals surface area contributed by atoms with E-state index in [4.69, 9.17) is 3.73 Å². The SMILES string of the molecule is CCCCC(C)C(C)CCC(=O)O[As](=O)(O)c1ccc(O)c(NC(C)=O)c1. The Labute approximate surface area is 163 Å².